The third kappa shape index (κ3) is 5.68. The number of aliphatic carboxylic acids is 1. The molecule has 2 fully saturated rings. The second-order valence-electron chi connectivity index (χ2n) is 8.10. The van der Waals surface area contributed by atoms with E-state index in [4.69, 9.17) is 5.11 Å². The SMILES string of the molecule is Cc1cc(N2CCCN(C(=O)CCC3(CCC(=O)O)CCC(=O)N3)CC2)ccn1. The maximum absolute atomic E-state index is 12.8. The molecule has 0 spiro atoms. The molecule has 0 radical (unpaired) electrons. The van der Waals surface area contributed by atoms with Crippen LogP contribution in [0.1, 0.15) is 50.6 Å². The maximum atomic E-state index is 12.8. The number of pyridine rings is 1. The second-order valence-corrected chi connectivity index (χ2v) is 8.10. The van der Waals surface area contributed by atoms with Gasteiger partial charge in [-0.15, -0.1) is 0 Å². The summed E-state index contributed by atoms with van der Waals surface area (Å²) in [6.45, 7) is 5.02. The van der Waals surface area contributed by atoms with E-state index in [1.807, 2.05) is 24.1 Å². The molecular formula is C21H30N4O4. The van der Waals surface area contributed by atoms with Crippen molar-refractivity contribution in [2.45, 2.75) is 57.4 Å². The van der Waals surface area contributed by atoms with Crippen molar-refractivity contribution in [3.8, 4) is 0 Å². The molecule has 29 heavy (non-hydrogen) atoms. The second kappa shape index (κ2) is 9.24. The number of carboxylic acid groups (broad SMARTS) is 1. The molecule has 0 aliphatic carbocycles. The Balaban J connectivity index is 1.54. The molecule has 1 aromatic heterocycles. The molecule has 8 nitrogen and oxygen atoms in total. The van der Waals surface area contributed by atoms with E-state index in [-0.39, 0.29) is 18.2 Å². The summed E-state index contributed by atoms with van der Waals surface area (Å²) < 4.78 is 0. The Morgan fingerprint density at radius 3 is 2.69 bits per heavy atom. The largest absolute Gasteiger partial charge is 0.481 e. The van der Waals surface area contributed by atoms with E-state index in [1.165, 1.54) is 0 Å². The summed E-state index contributed by atoms with van der Waals surface area (Å²) in [7, 11) is 0. The van der Waals surface area contributed by atoms with Crippen LogP contribution in [0.25, 0.3) is 0 Å². The Morgan fingerprint density at radius 1 is 1.21 bits per heavy atom. The van der Waals surface area contributed by atoms with Crippen LogP contribution >= 0.6 is 0 Å². The molecule has 3 rings (SSSR count). The van der Waals surface area contributed by atoms with Gasteiger partial charge in [0.1, 0.15) is 0 Å². The van der Waals surface area contributed by atoms with Gasteiger partial charge in [-0.05, 0) is 44.7 Å². The average molecular weight is 402 g/mol. The monoisotopic (exact) mass is 402 g/mol. The first-order valence-corrected chi connectivity index (χ1v) is 10.4. The first-order chi connectivity index (χ1) is 13.9. The van der Waals surface area contributed by atoms with Crippen LogP contribution in [-0.4, -0.2) is 64.5 Å². The highest BCUT2D eigenvalue weighted by molar-refractivity contribution is 5.80. The third-order valence-corrected chi connectivity index (χ3v) is 5.96. The quantitative estimate of drug-likeness (QED) is 0.720. The smallest absolute Gasteiger partial charge is 0.303 e. The number of nitrogens with zero attached hydrogens (tertiary/aromatic N) is 3. The van der Waals surface area contributed by atoms with Crippen molar-refractivity contribution in [2.75, 3.05) is 31.1 Å². The van der Waals surface area contributed by atoms with Crippen molar-refractivity contribution in [1.29, 1.82) is 0 Å². The van der Waals surface area contributed by atoms with Crippen molar-refractivity contribution in [3.05, 3.63) is 24.0 Å². The summed E-state index contributed by atoms with van der Waals surface area (Å²) in [4.78, 5) is 44.0. The highest BCUT2D eigenvalue weighted by Gasteiger charge is 2.38. The number of carbonyl (C=O) groups is 3. The lowest BCUT2D eigenvalue weighted by molar-refractivity contribution is -0.137. The van der Waals surface area contributed by atoms with Crippen LogP contribution in [0.4, 0.5) is 5.69 Å². The number of hydrogen-bond acceptors (Lipinski definition) is 5. The lowest BCUT2D eigenvalue weighted by Crippen LogP contribution is -2.43. The van der Waals surface area contributed by atoms with Gasteiger partial charge in [-0.25, -0.2) is 0 Å². The maximum Gasteiger partial charge on any atom is 0.303 e. The number of anilines is 1. The van der Waals surface area contributed by atoms with E-state index >= 15 is 0 Å². The summed E-state index contributed by atoms with van der Waals surface area (Å²) in [5.41, 5.74) is 1.55. The van der Waals surface area contributed by atoms with Gasteiger partial charge in [0.2, 0.25) is 11.8 Å². The van der Waals surface area contributed by atoms with Gasteiger partial charge in [0.25, 0.3) is 0 Å². The number of aromatic nitrogens is 1. The Morgan fingerprint density at radius 2 is 2.00 bits per heavy atom. The summed E-state index contributed by atoms with van der Waals surface area (Å²) in [6.07, 6.45) is 4.90. The summed E-state index contributed by atoms with van der Waals surface area (Å²) in [5, 5.41) is 11.9. The van der Waals surface area contributed by atoms with Gasteiger partial charge in [0.05, 0.1) is 0 Å². The third-order valence-electron chi connectivity index (χ3n) is 5.96. The van der Waals surface area contributed by atoms with E-state index in [9.17, 15) is 14.4 Å². The normalized spacial score (nSPS) is 22.3. The minimum atomic E-state index is -0.879. The number of rotatable bonds is 7. The predicted molar refractivity (Wildman–Crippen MR) is 109 cm³/mol. The minimum absolute atomic E-state index is 0.00149. The lowest BCUT2D eigenvalue weighted by Gasteiger charge is -2.30. The molecule has 1 aromatic rings. The number of carbonyl (C=O) groups excluding carboxylic acids is 2. The summed E-state index contributed by atoms with van der Waals surface area (Å²) >= 11 is 0. The van der Waals surface area contributed by atoms with Crippen LogP contribution in [0.2, 0.25) is 0 Å². The van der Waals surface area contributed by atoms with Gasteiger partial charge < -0.3 is 20.2 Å². The summed E-state index contributed by atoms with van der Waals surface area (Å²) in [5.74, 6) is -0.856. The highest BCUT2D eigenvalue weighted by Crippen LogP contribution is 2.30. The van der Waals surface area contributed by atoms with Crippen molar-refractivity contribution in [2.24, 2.45) is 0 Å². The van der Waals surface area contributed by atoms with Gasteiger partial charge >= 0.3 is 5.97 Å². The van der Waals surface area contributed by atoms with E-state index < -0.39 is 11.5 Å². The van der Waals surface area contributed by atoms with Gasteiger partial charge in [0.15, 0.2) is 0 Å². The van der Waals surface area contributed by atoms with Crippen LogP contribution in [0.5, 0.6) is 0 Å². The van der Waals surface area contributed by atoms with Gasteiger partial charge in [-0.3, -0.25) is 19.4 Å². The van der Waals surface area contributed by atoms with Crippen LogP contribution < -0.4 is 10.2 Å². The van der Waals surface area contributed by atoms with Crippen molar-refractivity contribution in [3.63, 3.8) is 0 Å². The standard InChI is InChI=1S/C21H30N4O4/c1-16-15-17(6-10-22-16)24-11-2-12-25(14-13-24)19(27)4-8-21(9-5-20(28)29)7-3-18(26)23-21/h6,10,15H,2-5,7-9,11-14H2,1H3,(H,23,26)(H,28,29). The highest BCUT2D eigenvalue weighted by atomic mass is 16.4. The Bertz CT molecular complexity index is 769. The number of nitrogens with one attached hydrogen (secondary N) is 1. The van der Waals surface area contributed by atoms with Crippen molar-refractivity contribution < 1.29 is 19.5 Å². The fraction of sp³-hybridized carbons (Fsp3) is 0.619. The molecule has 158 valence electrons. The molecule has 0 saturated carbocycles. The van der Waals surface area contributed by atoms with Crippen LogP contribution in [-0.2, 0) is 14.4 Å². The van der Waals surface area contributed by atoms with Crippen molar-refractivity contribution in [1.82, 2.24) is 15.2 Å². The van der Waals surface area contributed by atoms with E-state index in [0.717, 1.165) is 30.9 Å². The molecule has 3 heterocycles. The van der Waals surface area contributed by atoms with Gasteiger partial charge in [0, 0.05) is 68.6 Å². The van der Waals surface area contributed by atoms with Crippen molar-refractivity contribution >= 4 is 23.5 Å². The van der Waals surface area contributed by atoms with E-state index in [0.29, 0.717) is 45.2 Å². The number of amides is 2. The Labute approximate surface area is 171 Å². The molecule has 8 heteroatoms. The molecule has 1 atom stereocenters. The molecule has 2 aliphatic heterocycles. The first kappa shape index (κ1) is 21.1. The predicted octanol–water partition coefficient (Wildman–Crippen LogP) is 1.72. The molecular weight excluding hydrogens is 372 g/mol. The Hall–Kier alpha value is -2.64. The zero-order valence-corrected chi connectivity index (χ0v) is 17.0. The van der Waals surface area contributed by atoms with Crippen LogP contribution in [0.3, 0.4) is 0 Å². The minimum Gasteiger partial charge on any atom is -0.481 e. The molecule has 2 N–H and O–H groups in total. The summed E-state index contributed by atoms with van der Waals surface area (Å²) in [6, 6.07) is 4.06. The van der Waals surface area contributed by atoms with E-state index in [1.54, 1.807) is 0 Å². The number of hydrogen-bond donors (Lipinski definition) is 2. The van der Waals surface area contributed by atoms with Crippen LogP contribution in [0, 0.1) is 6.92 Å². The van der Waals surface area contributed by atoms with Gasteiger partial charge in [-0.2, -0.15) is 0 Å². The molecule has 1 unspecified atom stereocenters. The number of carboxylic acids is 1. The average Bonchev–Trinajstić information content (AvgIpc) is 2.90. The zero-order valence-electron chi connectivity index (χ0n) is 17.0. The van der Waals surface area contributed by atoms with Gasteiger partial charge in [-0.1, -0.05) is 0 Å². The molecule has 2 saturated heterocycles. The first-order valence-electron chi connectivity index (χ1n) is 10.4. The zero-order chi connectivity index (χ0) is 20.9. The topological polar surface area (TPSA) is 103 Å². The number of aryl methyl sites for hydroxylation is 1. The fourth-order valence-corrected chi connectivity index (χ4v) is 4.28. The van der Waals surface area contributed by atoms with E-state index in [2.05, 4.69) is 21.3 Å². The molecule has 2 amide bonds. The molecule has 0 bridgehead atoms. The molecule has 0 aromatic carbocycles. The molecule has 2 aliphatic rings. The Kier molecular flexibility index (Phi) is 6.71. The fourth-order valence-electron chi connectivity index (χ4n) is 4.28. The van der Waals surface area contributed by atoms with Crippen LogP contribution in [0.15, 0.2) is 18.3 Å². The lowest BCUT2D eigenvalue weighted by atomic mass is 9.86.